The van der Waals surface area contributed by atoms with Crippen LogP contribution >= 0.6 is 0 Å². The van der Waals surface area contributed by atoms with Gasteiger partial charge in [-0.1, -0.05) is 118 Å². The van der Waals surface area contributed by atoms with Gasteiger partial charge in [-0.2, -0.15) is 0 Å². The van der Waals surface area contributed by atoms with E-state index in [2.05, 4.69) is 27.7 Å². The van der Waals surface area contributed by atoms with Gasteiger partial charge in [0.2, 0.25) is 0 Å². The summed E-state index contributed by atoms with van der Waals surface area (Å²) in [4.78, 5) is 0. The summed E-state index contributed by atoms with van der Waals surface area (Å²) >= 11 is 0. The van der Waals surface area contributed by atoms with Gasteiger partial charge in [0.1, 0.15) is 0 Å². The Balaban J connectivity index is 4.02. The van der Waals surface area contributed by atoms with E-state index in [1.807, 2.05) is 0 Å². The minimum absolute atomic E-state index is 1.02. The molecule has 0 saturated carbocycles. The average molecular weight is 283 g/mol. The van der Waals surface area contributed by atoms with Gasteiger partial charge in [0.25, 0.3) is 0 Å². The molecule has 0 spiro atoms. The Hall–Kier alpha value is 0. The topological polar surface area (TPSA) is 0 Å². The fourth-order valence-electron chi connectivity index (χ4n) is 3.41. The Morgan fingerprint density at radius 2 is 0.850 bits per heavy atom. The van der Waals surface area contributed by atoms with Gasteiger partial charge < -0.3 is 0 Å². The van der Waals surface area contributed by atoms with Gasteiger partial charge in [0, 0.05) is 0 Å². The molecule has 0 radical (unpaired) electrons. The molecule has 0 aliphatic carbocycles. The lowest BCUT2D eigenvalue weighted by Gasteiger charge is -2.21. The molecule has 0 nitrogen and oxygen atoms in total. The lowest BCUT2D eigenvalue weighted by Crippen LogP contribution is -2.07. The Morgan fingerprint density at radius 3 is 1.30 bits per heavy atom. The monoisotopic (exact) mass is 282 g/mol. The Kier molecular flexibility index (Phi) is 15.4. The maximum absolute atomic E-state index is 2.36. The van der Waals surface area contributed by atoms with Gasteiger partial charge in [0.15, 0.2) is 0 Å². The van der Waals surface area contributed by atoms with Crippen LogP contribution in [0.25, 0.3) is 0 Å². The quantitative estimate of drug-likeness (QED) is 0.269. The molecule has 0 aromatic carbocycles. The fraction of sp³-hybridized carbons (Fsp3) is 1.00. The Morgan fingerprint density at radius 1 is 0.400 bits per heavy atom. The van der Waals surface area contributed by atoms with E-state index in [4.69, 9.17) is 0 Å². The van der Waals surface area contributed by atoms with Gasteiger partial charge in [-0.3, -0.25) is 0 Å². The van der Waals surface area contributed by atoms with Crippen LogP contribution in [0.15, 0.2) is 0 Å². The summed E-state index contributed by atoms with van der Waals surface area (Å²) in [7, 11) is 0. The largest absolute Gasteiger partial charge is 0.0654 e. The number of hydrogen-bond donors (Lipinski definition) is 0. The highest BCUT2D eigenvalue weighted by Gasteiger charge is 2.13. The van der Waals surface area contributed by atoms with Crippen LogP contribution in [0.1, 0.15) is 118 Å². The van der Waals surface area contributed by atoms with Crippen molar-refractivity contribution in [3.63, 3.8) is 0 Å². The number of hydrogen-bond acceptors (Lipinski definition) is 0. The van der Waals surface area contributed by atoms with E-state index in [1.165, 1.54) is 89.9 Å². The predicted molar refractivity (Wildman–Crippen MR) is 94.3 cm³/mol. The van der Waals surface area contributed by atoms with Crippen molar-refractivity contribution in [2.75, 3.05) is 0 Å². The van der Waals surface area contributed by atoms with Crippen LogP contribution in [0, 0.1) is 11.8 Å². The van der Waals surface area contributed by atoms with Crippen molar-refractivity contribution in [2.24, 2.45) is 11.8 Å². The maximum atomic E-state index is 2.36. The molecular formula is C20H42. The molecule has 0 aromatic heterocycles. The minimum atomic E-state index is 1.02. The molecular weight excluding hydrogens is 240 g/mol. The smallest absolute Gasteiger partial charge is 0.0414 e. The van der Waals surface area contributed by atoms with Crippen LogP contribution in [0.3, 0.4) is 0 Å². The van der Waals surface area contributed by atoms with Crippen molar-refractivity contribution in [1.82, 2.24) is 0 Å². The van der Waals surface area contributed by atoms with Crippen LogP contribution in [0.4, 0.5) is 0 Å². The second kappa shape index (κ2) is 15.4. The highest BCUT2D eigenvalue weighted by molar-refractivity contribution is 4.66. The van der Waals surface area contributed by atoms with E-state index in [1.54, 1.807) is 0 Å². The summed E-state index contributed by atoms with van der Waals surface area (Å²) in [5.41, 5.74) is 0. The summed E-state index contributed by atoms with van der Waals surface area (Å²) in [6.45, 7) is 9.35. The molecule has 0 aliphatic rings. The molecule has 0 amide bonds. The summed E-state index contributed by atoms with van der Waals surface area (Å²) in [5.74, 6) is 2.05. The predicted octanol–water partition coefficient (Wildman–Crippen LogP) is 7.76. The fourth-order valence-corrected chi connectivity index (χ4v) is 3.41. The van der Waals surface area contributed by atoms with Crippen molar-refractivity contribution < 1.29 is 0 Å². The van der Waals surface area contributed by atoms with Crippen molar-refractivity contribution in [1.29, 1.82) is 0 Å². The standard InChI is InChI=1S/C20H42/c1-5-9-12-16-20(15-11-7-3)18-17-19(13-8-4)14-10-6-2/h19-20H,5-18H2,1-4H3. The first-order chi connectivity index (χ1) is 9.78. The van der Waals surface area contributed by atoms with E-state index in [-0.39, 0.29) is 0 Å². The first kappa shape index (κ1) is 20.0. The highest BCUT2D eigenvalue weighted by atomic mass is 14.2. The third-order valence-corrected chi connectivity index (χ3v) is 4.83. The third-order valence-electron chi connectivity index (χ3n) is 4.83. The zero-order valence-corrected chi connectivity index (χ0v) is 15.1. The molecule has 122 valence electrons. The van der Waals surface area contributed by atoms with Gasteiger partial charge in [-0.25, -0.2) is 0 Å². The molecule has 0 aromatic rings. The molecule has 0 heterocycles. The van der Waals surface area contributed by atoms with Crippen LogP contribution < -0.4 is 0 Å². The second-order valence-electron chi connectivity index (χ2n) is 6.88. The molecule has 0 saturated heterocycles. The normalized spacial score (nSPS) is 14.4. The van der Waals surface area contributed by atoms with Crippen molar-refractivity contribution >= 4 is 0 Å². The molecule has 0 rings (SSSR count). The molecule has 2 atom stereocenters. The molecule has 0 fully saturated rings. The zero-order chi connectivity index (χ0) is 15.1. The minimum Gasteiger partial charge on any atom is -0.0654 e. The zero-order valence-electron chi connectivity index (χ0n) is 15.1. The SMILES string of the molecule is CCCCCC(CCCC)CCC(CCC)CCCC. The molecule has 20 heavy (non-hydrogen) atoms. The van der Waals surface area contributed by atoms with Gasteiger partial charge in [-0.15, -0.1) is 0 Å². The second-order valence-corrected chi connectivity index (χ2v) is 6.88. The third kappa shape index (κ3) is 11.8. The number of unbranched alkanes of at least 4 members (excludes halogenated alkanes) is 4. The first-order valence-corrected chi connectivity index (χ1v) is 9.78. The first-order valence-electron chi connectivity index (χ1n) is 9.78. The highest BCUT2D eigenvalue weighted by Crippen LogP contribution is 2.27. The van der Waals surface area contributed by atoms with Crippen LogP contribution in [-0.2, 0) is 0 Å². The van der Waals surface area contributed by atoms with E-state index < -0.39 is 0 Å². The molecule has 0 heteroatoms. The van der Waals surface area contributed by atoms with Crippen LogP contribution in [0.5, 0.6) is 0 Å². The van der Waals surface area contributed by atoms with Crippen LogP contribution in [0.2, 0.25) is 0 Å². The number of rotatable bonds is 15. The summed E-state index contributed by atoms with van der Waals surface area (Å²) in [6.07, 6.45) is 20.3. The maximum Gasteiger partial charge on any atom is -0.0414 e. The van der Waals surface area contributed by atoms with Crippen molar-refractivity contribution in [2.45, 2.75) is 118 Å². The summed E-state index contributed by atoms with van der Waals surface area (Å²) in [6, 6.07) is 0. The molecule has 0 bridgehead atoms. The van der Waals surface area contributed by atoms with Crippen LogP contribution in [-0.4, -0.2) is 0 Å². The molecule has 2 unspecified atom stereocenters. The van der Waals surface area contributed by atoms with E-state index >= 15 is 0 Å². The molecule has 0 N–H and O–H groups in total. The van der Waals surface area contributed by atoms with Gasteiger partial charge >= 0.3 is 0 Å². The van der Waals surface area contributed by atoms with E-state index in [9.17, 15) is 0 Å². The summed E-state index contributed by atoms with van der Waals surface area (Å²) < 4.78 is 0. The molecule has 0 aliphatic heterocycles. The summed E-state index contributed by atoms with van der Waals surface area (Å²) in [5, 5.41) is 0. The van der Waals surface area contributed by atoms with Gasteiger partial charge in [0.05, 0.1) is 0 Å². The van der Waals surface area contributed by atoms with Crippen molar-refractivity contribution in [3.8, 4) is 0 Å². The Bertz CT molecular complexity index is 173. The van der Waals surface area contributed by atoms with Crippen molar-refractivity contribution in [3.05, 3.63) is 0 Å². The van der Waals surface area contributed by atoms with E-state index in [0.29, 0.717) is 0 Å². The Labute approximate surface area is 130 Å². The van der Waals surface area contributed by atoms with E-state index in [0.717, 1.165) is 11.8 Å². The lowest BCUT2D eigenvalue weighted by molar-refractivity contribution is 0.318. The van der Waals surface area contributed by atoms with Gasteiger partial charge in [-0.05, 0) is 11.8 Å². The average Bonchev–Trinajstić information content (AvgIpc) is 2.46. The lowest BCUT2D eigenvalue weighted by atomic mass is 9.85.